The molecule has 0 bridgehead atoms. The summed E-state index contributed by atoms with van der Waals surface area (Å²) >= 11 is 0. The van der Waals surface area contributed by atoms with Gasteiger partial charge in [0.15, 0.2) is 11.5 Å². The van der Waals surface area contributed by atoms with Gasteiger partial charge in [0.2, 0.25) is 0 Å². The molecule has 1 aliphatic heterocycles. The second kappa shape index (κ2) is 9.99. The number of Topliss-reactive ketones (excluding diaryl/α,β-unsaturated/α-hetero) is 1. The van der Waals surface area contributed by atoms with E-state index in [-0.39, 0.29) is 12.4 Å². The van der Waals surface area contributed by atoms with Gasteiger partial charge in [-0.3, -0.25) is 15.4 Å². The largest absolute Gasteiger partial charge is 0.379 e. The summed E-state index contributed by atoms with van der Waals surface area (Å²) in [7, 11) is 0. The molecule has 6 nitrogen and oxygen atoms in total. The van der Waals surface area contributed by atoms with Crippen molar-refractivity contribution in [2.75, 3.05) is 46.1 Å². The predicted octanol–water partition coefficient (Wildman–Crippen LogP) is 1.12. The molecule has 1 fully saturated rings. The number of ether oxygens (including phenoxy) is 2. The molecule has 0 amide bonds. The number of nitrogens with zero attached hydrogens (tertiary/aromatic N) is 1. The van der Waals surface area contributed by atoms with Crippen LogP contribution in [0.15, 0.2) is 30.3 Å². The fourth-order valence-electron chi connectivity index (χ4n) is 2.95. The SMILES string of the molecule is CCCCOCC(=O)[C@@H](CN1CCOCC1)[C@](N)(O)c1ccccc1. The van der Waals surface area contributed by atoms with Crippen molar-refractivity contribution in [2.45, 2.75) is 25.5 Å². The van der Waals surface area contributed by atoms with Crippen LogP contribution in [0.4, 0.5) is 0 Å². The number of carbonyl (C=O) groups is 1. The Balaban J connectivity index is 2.11. The van der Waals surface area contributed by atoms with Crippen LogP contribution in [-0.4, -0.2) is 61.9 Å². The number of ketones is 1. The summed E-state index contributed by atoms with van der Waals surface area (Å²) < 4.78 is 10.8. The Kier molecular flexibility index (Phi) is 7.99. The van der Waals surface area contributed by atoms with Crippen LogP contribution < -0.4 is 5.73 Å². The molecule has 0 aromatic heterocycles. The lowest BCUT2D eigenvalue weighted by Gasteiger charge is -2.37. The van der Waals surface area contributed by atoms with Gasteiger partial charge in [-0.2, -0.15) is 0 Å². The molecule has 140 valence electrons. The molecule has 0 radical (unpaired) electrons. The normalized spacial score (nSPS) is 19.3. The Morgan fingerprint density at radius 1 is 1.36 bits per heavy atom. The first kappa shape index (κ1) is 20.0. The summed E-state index contributed by atoms with van der Waals surface area (Å²) in [4.78, 5) is 14.9. The number of aliphatic hydroxyl groups is 1. The van der Waals surface area contributed by atoms with E-state index in [2.05, 4.69) is 11.8 Å². The molecule has 2 atom stereocenters. The van der Waals surface area contributed by atoms with Crippen molar-refractivity contribution in [1.82, 2.24) is 4.90 Å². The number of nitrogens with two attached hydrogens (primary N) is 1. The molecule has 1 aromatic rings. The van der Waals surface area contributed by atoms with Crippen molar-refractivity contribution in [3.63, 3.8) is 0 Å². The zero-order chi connectivity index (χ0) is 18.1. The average Bonchev–Trinajstić information content (AvgIpc) is 2.64. The third-order valence-electron chi connectivity index (χ3n) is 4.59. The van der Waals surface area contributed by atoms with E-state index in [9.17, 15) is 9.90 Å². The van der Waals surface area contributed by atoms with E-state index < -0.39 is 11.6 Å². The lowest BCUT2D eigenvalue weighted by atomic mass is 9.85. The molecule has 1 aromatic carbocycles. The minimum absolute atomic E-state index is 0.0264. The summed E-state index contributed by atoms with van der Waals surface area (Å²) in [6, 6.07) is 8.96. The number of rotatable bonds is 10. The number of benzene rings is 1. The quantitative estimate of drug-likeness (QED) is 0.486. The molecular weight excluding hydrogens is 320 g/mol. The highest BCUT2D eigenvalue weighted by atomic mass is 16.5. The number of hydrogen-bond donors (Lipinski definition) is 2. The van der Waals surface area contributed by atoms with Gasteiger partial charge in [0.1, 0.15) is 6.61 Å². The minimum atomic E-state index is -1.73. The van der Waals surface area contributed by atoms with Crippen LogP contribution in [-0.2, 0) is 20.0 Å². The van der Waals surface area contributed by atoms with E-state index in [1.165, 1.54) is 0 Å². The minimum Gasteiger partial charge on any atom is -0.379 e. The van der Waals surface area contributed by atoms with Gasteiger partial charge < -0.3 is 14.6 Å². The number of hydrogen-bond acceptors (Lipinski definition) is 6. The van der Waals surface area contributed by atoms with Crippen molar-refractivity contribution in [1.29, 1.82) is 0 Å². The van der Waals surface area contributed by atoms with Crippen molar-refractivity contribution in [3.8, 4) is 0 Å². The predicted molar refractivity (Wildman–Crippen MR) is 96.0 cm³/mol. The summed E-state index contributed by atoms with van der Waals surface area (Å²) in [6.45, 7) is 5.69. The fourth-order valence-corrected chi connectivity index (χ4v) is 2.95. The highest BCUT2D eigenvalue weighted by Gasteiger charge is 2.40. The van der Waals surface area contributed by atoms with Gasteiger partial charge in [-0.15, -0.1) is 0 Å². The molecule has 0 saturated carbocycles. The fraction of sp³-hybridized carbons (Fsp3) is 0.632. The van der Waals surface area contributed by atoms with Crippen molar-refractivity contribution < 1.29 is 19.4 Å². The lowest BCUT2D eigenvalue weighted by Crippen LogP contribution is -2.54. The van der Waals surface area contributed by atoms with Gasteiger partial charge >= 0.3 is 0 Å². The monoisotopic (exact) mass is 350 g/mol. The van der Waals surface area contributed by atoms with Crippen LogP contribution in [0.5, 0.6) is 0 Å². The Bertz CT molecular complexity index is 515. The summed E-state index contributed by atoms with van der Waals surface area (Å²) in [5.41, 5.74) is 5.06. The third kappa shape index (κ3) is 5.87. The first-order chi connectivity index (χ1) is 12.1. The van der Waals surface area contributed by atoms with Crippen molar-refractivity contribution >= 4 is 5.78 Å². The highest BCUT2D eigenvalue weighted by Crippen LogP contribution is 2.26. The summed E-state index contributed by atoms with van der Waals surface area (Å²) in [5, 5.41) is 11.0. The van der Waals surface area contributed by atoms with Gasteiger partial charge in [-0.05, 0) is 12.0 Å². The molecule has 0 unspecified atom stereocenters. The van der Waals surface area contributed by atoms with E-state index in [1.807, 2.05) is 6.07 Å². The van der Waals surface area contributed by atoms with Gasteiger partial charge in [-0.1, -0.05) is 43.7 Å². The van der Waals surface area contributed by atoms with Crippen molar-refractivity contribution in [2.24, 2.45) is 11.7 Å². The second-order valence-electron chi connectivity index (χ2n) is 6.53. The van der Waals surface area contributed by atoms with Gasteiger partial charge in [0.25, 0.3) is 0 Å². The Morgan fingerprint density at radius 2 is 2.04 bits per heavy atom. The van der Waals surface area contributed by atoms with E-state index in [4.69, 9.17) is 15.2 Å². The number of unbranched alkanes of at least 4 members (excludes halogenated alkanes) is 1. The zero-order valence-electron chi connectivity index (χ0n) is 15.0. The average molecular weight is 350 g/mol. The Morgan fingerprint density at radius 3 is 2.68 bits per heavy atom. The molecular formula is C19H30N2O4. The van der Waals surface area contributed by atoms with E-state index in [0.717, 1.165) is 25.9 Å². The number of morpholine rings is 1. The smallest absolute Gasteiger partial charge is 0.167 e. The standard InChI is InChI=1S/C19H30N2O4/c1-2-3-11-25-15-18(22)17(14-21-9-12-24-13-10-21)19(20,23)16-7-5-4-6-8-16/h4-8,17,23H,2-3,9-15,20H2,1H3/t17-,19-/m1/s1. The lowest BCUT2D eigenvalue weighted by molar-refractivity contribution is -0.140. The van der Waals surface area contributed by atoms with Gasteiger partial charge in [-0.25, -0.2) is 0 Å². The number of carbonyl (C=O) groups excluding carboxylic acids is 1. The Labute approximate surface area is 149 Å². The maximum atomic E-state index is 12.8. The third-order valence-corrected chi connectivity index (χ3v) is 4.59. The highest BCUT2D eigenvalue weighted by molar-refractivity contribution is 5.83. The summed E-state index contributed by atoms with van der Waals surface area (Å²) in [5.74, 6) is -0.925. The van der Waals surface area contributed by atoms with E-state index in [0.29, 0.717) is 31.9 Å². The van der Waals surface area contributed by atoms with Crippen LogP contribution in [0.25, 0.3) is 0 Å². The Hall–Kier alpha value is -1.31. The van der Waals surface area contributed by atoms with Gasteiger partial charge in [0.05, 0.1) is 19.1 Å². The van der Waals surface area contributed by atoms with Crippen LogP contribution >= 0.6 is 0 Å². The van der Waals surface area contributed by atoms with E-state index >= 15 is 0 Å². The maximum Gasteiger partial charge on any atom is 0.167 e. The zero-order valence-corrected chi connectivity index (χ0v) is 15.0. The van der Waals surface area contributed by atoms with Crippen LogP contribution in [0.1, 0.15) is 25.3 Å². The van der Waals surface area contributed by atoms with Crippen molar-refractivity contribution in [3.05, 3.63) is 35.9 Å². The molecule has 25 heavy (non-hydrogen) atoms. The topological polar surface area (TPSA) is 85.0 Å². The molecule has 6 heteroatoms. The molecule has 0 aliphatic carbocycles. The second-order valence-corrected chi connectivity index (χ2v) is 6.53. The first-order valence-electron chi connectivity index (χ1n) is 9.03. The molecule has 0 spiro atoms. The van der Waals surface area contributed by atoms with E-state index in [1.54, 1.807) is 24.3 Å². The van der Waals surface area contributed by atoms with Gasteiger partial charge in [0, 0.05) is 26.2 Å². The maximum absolute atomic E-state index is 12.8. The molecule has 2 rings (SSSR count). The van der Waals surface area contributed by atoms with Crippen LogP contribution in [0, 0.1) is 5.92 Å². The molecule has 1 heterocycles. The first-order valence-corrected chi connectivity index (χ1v) is 9.03. The molecule has 1 aliphatic rings. The molecule has 1 saturated heterocycles. The van der Waals surface area contributed by atoms with Crippen LogP contribution in [0.2, 0.25) is 0 Å². The summed E-state index contributed by atoms with van der Waals surface area (Å²) in [6.07, 6.45) is 1.92. The van der Waals surface area contributed by atoms with Crippen LogP contribution in [0.3, 0.4) is 0 Å². The molecule has 3 N–H and O–H groups in total.